The molecule has 0 fully saturated rings. The first-order valence-corrected chi connectivity index (χ1v) is 7.65. The molecule has 0 saturated carbocycles. The second-order valence-corrected chi connectivity index (χ2v) is 5.50. The summed E-state index contributed by atoms with van der Waals surface area (Å²) < 4.78 is 15.0. The zero-order valence-electron chi connectivity index (χ0n) is 12.7. The Kier molecular flexibility index (Phi) is 4.31. The number of hydrogen-bond acceptors (Lipinski definition) is 3. The number of nitrogens with zero attached hydrogens (tertiary/aromatic N) is 2. The lowest BCUT2D eigenvalue weighted by atomic mass is 10.2. The van der Waals surface area contributed by atoms with E-state index in [0.717, 1.165) is 6.07 Å². The van der Waals surface area contributed by atoms with Crippen molar-refractivity contribution in [2.75, 3.05) is 5.32 Å². The molecule has 7 heteroatoms. The van der Waals surface area contributed by atoms with Crippen LogP contribution in [0.15, 0.2) is 47.3 Å². The molecule has 1 aromatic heterocycles. The monoisotopic (exact) mass is 345 g/mol. The number of carbonyl (C=O) groups is 1. The van der Waals surface area contributed by atoms with Crippen LogP contribution in [0.2, 0.25) is 5.02 Å². The van der Waals surface area contributed by atoms with E-state index in [1.54, 1.807) is 24.3 Å². The molecule has 0 aliphatic heterocycles. The van der Waals surface area contributed by atoms with Crippen LogP contribution in [0.3, 0.4) is 0 Å². The van der Waals surface area contributed by atoms with Gasteiger partial charge in [-0.15, -0.1) is 0 Å². The molecule has 0 spiro atoms. The van der Waals surface area contributed by atoms with Crippen LogP contribution in [-0.4, -0.2) is 15.7 Å². The predicted molar refractivity (Wildman–Crippen MR) is 91.0 cm³/mol. The third-order valence-electron chi connectivity index (χ3n) is 3.55. The number of aromatic nitrogens is 2. The topological polar surface area (TPSA) is 64.0 Å². The average Bonchev–Trinajstić information content (AvgIpc) is 2.57. The minimum atomic E-state index is -0.693. The van der Waals surface area contributed by atoms with Crippen molar-refractivity contribution < 1.29 is 9.18 Å². The Morgan fingerprint density at radius 1 is 1.29 bits per heavy atom. The summed E-state index contributed by atoms with van der Waals surface area (Å²) in [5.41, 5.74) is -0.0976. The minimum Gasteiger partial charge on any atom is -0.319 e. The molecule has 3 aromatic rings. The summed E-state index contributed by atoms with van der Waals surface area (Å²) in [5, 5.41) is 7.11. The lowest BCUT2D eigenvalue weighted by Gasteiger charge is -2.11. The molecular formula is C17H13ClFN3O2. The molecule has 1 heterocycles. The maximum atomic E-state index is 13.5. The summed E-state index contributed by atoms with van der Waals surface area (Å²) in [4.78, 5) is 25.0. The van der Waals surface area contributed by atoms with Crippen molar-refractivity contribution in [1.29, 1.82) is 0 Å². The molecule has 0 radical (unpaired) electrons. The lowest BCUT2D eigenvalue weighted by Crippen LogP contribution is -2.27. The van der Waals surface area contributed by atoms with Gasteiger partial charge in [-0.25, -0.2) is 4.39 Å². The number of rotatable bonds is 3. The van der Waals surface area contributed by atoms with Gasteiger partial charge in [-0.3, -0.25) is 14.3 Å². The Labute approximate surface area is 141 Å². The maximum Gasteiger partial charge on any atom is 0.280 e. The van der Waals surface area contributed by atoms with E-state index in [4.69, 9.17) is 11.6 Å². The van der Waals surface area contributed by atoms with Gasteiger partial charge in [0.15, 0.2) is 5.69 Å². The molecule has 1 amide bonds. The molecule has 0 bridgehead atoms. The number of nitrogens with one attached hydrogen (secondary N) is 1. The van der Waals surface area contributed by atoms with E-state index < -0.39 is 17.2 Å². The quantitative estimate of drug-likeness (QED) is 0.790. The molecule has 3 rings (SSSR count). The van der Waals surface area contributed by atoms with Crippen LogP contribution >= 0.6 is 11.6 Å². The molecule has 0 saturated heterocycles. The lowest BCUT2D eigenvalue weighted by molar-refractivity contribution is 0.101. The summed E-state index contributed by atoms with van der Waals surface area (Å²) in [6.45, 7) is 2.24. The van der Waals surface area contributed by atoms with Crippen molar-refractivity contribution in [2.24, 2.45) is 0 Å². The Bertz CT molecular complexity index is 1000. The molecule has 0 unspecified atom stereocenters. The molecular weight excluding hydrogens is 333 g/mol. The fraction of sp³-hybridized carbons (Fsp3) is 0.118. The van der Waals surface area contributed by atoms with Gasteiger partial charge in [0.1, 0.15) is 5.82 Å². The number of benzene rings is 2. The van der Waals surface area contributed by atoms with Crippen LogP contribution in [-0.2, 0) is 6.54 Å². The van der Waals surface area contributed by atoms with Crippen molar-refractivity contribution in [2.45, 2.75) is 13.5 Å². The van der Waals surface area contributed by atoms with E-state index in [-0.39, 0.29) is 11.1 Å². The summed E-state index contributed by atoms with van der Waals surface area (Å²) in [7, 11) is 0. The first-order valence-electron chi connectivity index (χ1n) is 7.27. The smallest absolute Gasteiger partial charge is 0.280 e. The summed E-state index contributed by atoms with van der Waals surface area (Å²) in [6.07, 6.45) is 0. The Balaban J connectivity index is 2.12. The van der Waals surface area contributed by atoms with E-state index in [2.05, 4.69) is 10.4 Å². The van der Waals surface area contributed by atoms with Gasteiger partial charge in [-0.1, -0.05) is 23.7 Å². The van der Waals surface area contributed by atoms with Gasteiger partial charge >= 0.3 is 0 Å². The van der Waals surface area contributed by atoms with Crippen molar-refractivity contribution >= 4 is 34.1 Å². The van der Waals surface area contributed by atoms with E-state index >= 15 is 0 Å². The zero-order valence-corrected chi connectivity index (χ0v) is 13.5. The van der Waals surface area contributed by atoms with Gasteiger partial charge < -0.3 is 5.32 Å². The van der Waals surface area contributed by atoms with Gasteiger partial charge in [0.25, 0.3) is 5.91 Å². The van der Waals surface area contributed by atoms with Crippen LogP contribution in [0.4, 0.5) is 10.1 Å². The molecule has 1 N–H and O–H groups in total. The molecule has 0 aliphatic carbocycles. The van der Waals surface area contributed by atoms with E-state index in [9.17, 15) is 14.0 Å². The fourth-order valence-corrected chi connectivity index (χ4v) is 2.58. The summed E-state index contributed by atoms with van der Waals surface area (Å²) in [5.74, 6) is -1.24. The molecule has 0 atom stereocenters. The van der Waals surface area contributed by atoms with Gasteiger partial charge in [0.05, 0.1) is 21.6 Å². The largest absolute Gasteiger partial charge is 0.319 e. The normalized spacial score (nSPS) is 10.8. The number of amides is 1. The highest BCUT2D eigenvalue weighted by atomic mass is 35.5. The SMILES string of the molecule is CCn1nc(C(=O)Nc2ccccc2Cl)c(=O)c2cc(F)ccc21. The highest BCUT2D eigenvalue weighted by Gasteiger charge is 2.18. The highest BCUT2D eigenvalue weighted by molar-refractivity contribution is 6.33. The molecule has 0 aliphatic rings. The Hall–Kier alpha value is -2.73. The van der Waals surface area contributed by atoms with Crippen LogP contribution in [0.25, 0.3) is 10.9 Å². The van der Waals surface area contributed by atoms with Crippen LogP contribution < -0.4 is 10.7 Å². The molecule has 2 aromatic carbocycles. The fourth-order valence-electron chi connectivity index (χ4n) is 2.40. The number of aryl methyl sites for hydroxylation is 1. The first-order chi connectivity index (χ1) is 11.5. The van der Waals surface area contributed by atoms with Crippen LogP contribution in [0, 0.1) is 5.82 Å². The maximum absolute atomic E-state index is 13.5. The standard InChI is InChI=1S/C17H13ClFN3O2/c1-2-22-14-8-7-10(19)9-11(14)16(23)15(21-22)17(24)20-13-6-4-3-5-12(13)18/h3-9H,2H2,1H3,(H,20,24). The first kappa shape index (κ1) is 16.1. The second-order valence-electron chi connectivity index (χ2n) is 5.09. The van der Waals surface area contributed by atoms with Gasteiger partial charge in [-0.2, -0.15) is 5.10 Å². The number of carbonyl (C=O) groups excluding carboxylic acids is 1. The van der Waals surface area contributed by atoms with Crippen molar-refractivity contribution in [3.8, 4) is 0 Å². The predicted octanol–water partition coefficient (Wildman–Crippen LogP) is 3.46. The van der Waals surface area contributed by atoms with E-state index in [1.807, 2.05) is 6.92 Å². The molecule has 5 nitrogen and oxygen atoms in total. The number of anilines is 1. The third kappa shape index (κ3) is 2.88. The van der Waals surface area contributed by atoms with Crippen molar-refractivity contribution in [3.63, 3.8) is 0 Å². The number of para-hydroxylation sites is 1. The summed E-state index contributed by atoms with van der Waals surface area (Å²) >= 11 is 6.00. The van der Waals surface area contributed by atoms with E-state index in [1.165, 1.54) is 16.8 Å². The Morgan fingerprint density at radius 3 is 2.75 bits per heavy atom. The minimum absolute atomic E-state index is 0.108. The summed E-state index contributed by atoms with van der Waals surface area (Å²) in [6, 6.07) is 10.5. The number of fused-ring (bicyclic) bond motifs is 1. The van der Waals surface area contributed by atoms with Crippen LogP contribution in [0.5, 0.6) is 0 Å². The average molecular weight is 346 g/mol. The molecule has 24 heavy (non-hydrogen) atoms. The van der Waals surface area contributed by atoms with Crippen molar-refractivity contribution in [3.05, 3.63) is 69.2 Å². The van der Waals surface area contributed by atoms with Gasteiger partial charge in [-0.05, 0) is 37.3 Å². The third-order valence-corrected chi connectivity index (χ3v) is 3.88. The van der Waals surface area contributed by atoms with Gasteiger partial charge in [0.2, 0.25) is 5.43 Å². The number of hydrogen-bond donors (Lipinski definition) is 1. The van der Waals surface area contributed by atoms with Gasteiger partial charge in [0, 0.05) is 6.54 Å². The van der Waals surface area contributed by atoms with Crippen LogP contribution in [0.1, 0.15) is 17.4 Å². The molecule has 122 valence electrons. The number of halogens is 2. The highest BCUT2D eigenvalue weighted by Crippen LogP contribution is 2.21. The Morgan fingerprint density at radius 2 is 2.04 bits per heavy atom. The van der Waals surface area contributed by atoms with E-state index in [0.29, 0.717) is 22.8 Å². The second kappa shape index (κ2) is 6.41. The van der Waals surface area contributed by atoms with Crippen molar-refractivity contribution in [1.82, 2.24) is 9.78 Å². The zero-order chi connectivity index (χ0) is 17.3.